The summed E-state index contributed by atoms with van der Waals surface area (Å²) >= 11 is 0. The van der Waals surface area contributed by atoms with E-state index in [9.17, 15) is 0 Å². The average molecular weight is 288 g/mol. The van der Waals surface area contributed by atoms with E-state index in [-0.39, 0.29) is 31.0 Å². The van der Waals surface area contributed by atoms with Gasteiger partial charge in [0, 0.05) is 25.6 Å². The molecule has 3 rings (SSSR count). The summed E-state index contributed by atoms with van der Waals surface area (Å²) in [7, 11) is 0. The van der Waals surface area contributed by atoms with Crippen LogP contribution in [-0.4, -0.2) is 68.4 Å². The third-order valence-electron chi connectivity index (χ3n) is 1.32. The minimum Gasteiger partial charge on any atom is -1.00 e. The molecule has 104 valence electrons. The molecule has 0 spiro atoms. The van der Waals surface area contributed by atoms with Crippen LogP contribution in [0, 0.1) is 0 Å². The maximum atomic E-state index is 9.00. The van der Waals surface area contributed by atoms with Gasteiger partial charge >= 0.3 is 29.6 Å². The van der Waals surface area contributed by atoms with Crippen LogP contribution in [0.4, 0.5) is 0 Å². The second kappa shape index (κ2) is 17.5. The molecule has 1 N–H and O–H groups in total. The van der Waals surface area contributed by atoms with Gasteiger partial charge in [0.05, 0.1) is 19.6 Å². The van der Waals surface area contributed by atoms with Crippen LogP contribution < -0.4 is 29.6 Å². The molecular formula is C11H17N6NaO2. The van der Waals surface area contributed by atoms with Crippen molar-refractivity contribution in [1.29, 1.82) is 0 Å². The molecule has 0 saturated heterocycles. The molecule has 0 atom stereocenters. The summed E-state index contributed by atoms with van der Waals surface area (Å²) in [6.45, 7) is 3.42. The SMILES string of the molecule is C1=NC=NC1.C1=NC=NC1.C1=NC=NC1.CC(=O)O.[H-].[Na+]. The molecule has 0 saturated carbocycles. The van der Waals surface area contributed by atoms with Crippen molar-refractivity contribution < 1.29 is 40.9 Å². The van der Waals surface area contributed by atoms with Gasteiger partial charge in [-0.2, -0.15) is 0 Å². The Labute approximate surface area is 141 Å². The first-order valence-corrected chi connectivity index (χ1v) is 5.42. The van der Waals surface area contributed by atoms with Gasteiger partial charge in [-0.15, -0.1) is 0 Å². The monoisotopic (exact) mass is 288 g/mol. The zero-order chi connectivity index (χ0) is 14.2. The van der Waals surface area contributed by atoms with Gasteiger partial charge in [-0.25, -0.2) is 15.0 Å². The zero-order valence-corrected chi connectivity index (χ0v) is 13.6. The van der Waals surface area contributed by atoms with E-state index in [1.807, 2.05) is 0 Å². The van der Waals surface area contributed by atoms with Gasteiger partial charge in [0.2, 0.25) is 0 Å². The Balaban J connectivity index is -0.000000201. The van der Waals surface area contributed by atoms with Crippen LogP contribution in [0.2, 0.25) is 0 Å². The summed E-state index contributed by atoms with van der Waals surface area (Å²) in [6.07, 6.45) is 9.96. The third-order valence-corrected chi connectivity index (χ3v) is 1.32. The predicted molar refractivity (Wildman–Crippen MR) is 80.0 cm³/mol. The predicted octanol–water partition coefficient (Wildman–Crippen LogP) is -2.50. The Morgan fingerprint density at radius 3 is 1.20 bits per heavy atom. The van der Waals surface area contributed by atoms with Crippen LogP contribution in [-0.2, 0) is 4.79 Å². The van der Waals surface area contributed by atoms with Gasteiger partial charge in [-0.1, -0.05) is 0 Å². The average Bonchev–Trinajstić information content (AvgIpc) is 3.18. The van der Waals surface area contributed by atoms with Crippen molar-refractivity contribution in [2.45, 2.75) is 6.92 Å². The first kappa shape index (κ1) is 20.8. The van der Waals surface area contributed by atoms with E-state index >= 15 is 0 Å². The molecule has 0 aliphatic carbocycles. The summed E-state index contributed by atoms with van der Waals surface area (Å²) in [4.78, 5) is 31.2. The number of nitrogens with zero attached hydrogens (tertiary/aromatic N) is 6. The van der Waals surface area contributed by atoms with E-state index in [1.165, 1.54) is 0 Å². The van der Waals surface area contributed by atoms with Crippen LogP contribution >= 0.6 is 0 Å². The molecule has 0 aromatic carbocycles. The Morgan fingerprint density at radius 1 is 0.900 bits per heavy atom. The largest absolute Gasteiger partial charge is 1.00 e. The number of hydrogen-bond acceptors (Lipinski definition) is 7. The molecule has 0 radical (unpaired) electrons. The fourth-order valence-corrected chi connectivity index (χ4v) is 0.707. The summed E-state index contributed by atoms with van der Waals surface area (Å²) in [5.41, 5.74) is 0. The molecular weight excluding hydrogens is 271 g/mol. The van der Waals surface area contributed by atoms with E-state index in [1.54, 1.807) is 37.7 Å². The number of carbonyl (C=O) groups is 1. The molecule has 3 aliphatic rings. The number of carboxylic acid groups (broad SMARTS) is 1. The van der Waals surface area contributed by atoms with Crippen molar-refractivity contribution in [1.82, 2.24) is 0 Å². The van der Waals surface area contributed by atoms with E-state index in [4.69, 9.17) is 9.90 Å². The van der Waals surface area contributed by atoms with Gasteiger partial charge in [-0.05, 0) is 0 Å². The summed E-state index contributed by atoms with van der Waals surface area (Å²) in [6, 6.07) is 0. The molecule has 20 heavy (non-hydrogen) atoms. The fourth-order valence-electron chi connectivity index (χ4n) is 0.707. The van der Waals surface area contributed by atoms with E-state index in [0.717, 1.165) is 26.6 Å². The van der Waals surface area contributed by atoms with Gasteiger partial charge in [0.1, 0.15) is 19.0 Å². The minimum atomic E-state index is -0.833. The fraction of sp³-hybridized carbons (Fsp3) is 0.364. The molecule has 3 heterocycles. The van der Waals surface area contributed by atoms with Crippen molar-refractivity contribution in [2.24, 2.45) is 30.0 Å². The molecule has 3 aliphatic heterocycles. The molecule has 9 heteroatoms. The number of rotatable bonds is 0. The standard InChI is InChI=1S/3C3H4N2.C2H4O2.Na.H/c3*1-2-5-3-4-1;1-2(3)4;;/h3*1,3H,2H2;1H3,(H,3,4);;/q;;;;+1;-1. The first-order valence-electron chi connectivity index (χ1n) is 5.42. The van der Waals surface area contributed by atoms with Crippen LogP contribution in [0.25, 0.3) is 0 Å². The minimum absolute atomic E-state index is 0. The molecule has 8 nitrogen and oxygen atoms in total. The Morgan fingerprint density at radius 2 is 1.15 bits per heavy atom. The van der Waals surface area contributed by atoms with Crippen LogP contribution in [0.15, 0.2) is 30.0 Å². The van der Waals surface area contributed by atoms with Crippen molar-refractivity contribution in [2.75, 3.05) is 19.6 Å². The summed E-state index contributed by atoms with van der Waals surface area (Å²) in [5, 5.41) is 7.42. The Hall–Kier alpha value is -1.51. The molecule has 0 aromatic heterocycles. The second-order valence-electron chi connectivity index (χ2n) is 2.96. The van der Waals surface area contributed by atoms with Crippen molar-refractivity contribution in [3.63, 3.8) is 0 Å². The van der Waals surface area contributed by atoms with Crippen molar-refractivity contribution >= 4 is 43.6 Å². The van der Waals surface area contributed by atoms with Crippen LogP contribution in [0.1, 0.15) is 8.35 Å². The molecule has 0 amide bonds. The summed E-state index contributed by atoms with van der Waals surface area (Å²) in [5.74, 6) is -0.833. The number of aliphatic imine (C=N–C) groups is 6. The van der Waals surface area contributed by atoms with E-state index in [2.05, 4.69) is 30.0 Å². The van der Waals surface area contributed by atoms with E-state index < -0.39 is 5.97 Å². The van der Waals surface area contributed by atoms with E-state index in [0.29, 0.717) is 0 Å². The third kappa shape index (κ3) is 21.7. The normalized spacial score (nSPS) is 14.4. The van der Waals surface area contributed by atoms with Crippen LogP contribution in [0.3, 0.4) is 0 Å². The number of carboxylic acids is 1. The van der Waals surface area contributed by atoms with Gasteiger partial charge < -0.3 is 6.53 Å². The van der Waals surface area contributed by atoms with Crippen LogP contribution in [0.5, 0.6) is 0 Å². The quantitative estimate of drug-likeness (QED) is 0.497. The second-order valence-corrected chi connectivity index (χ2v) is 2.96. The smallest absolute Gasteiger partial charge is 1.00 e. The maximum absolute atomic E-state index is 9.00. The summed E-state index contributed by atoms with van der Waals surface area (Å²) < 4.78 is 0. The molecule has 0 aromatic rings. The zero-order valence-electron chi connectivity index (χ0n) is 12.6. The molecule has 0 fully saturated rings. The maximum Gasteiger partial charge on any atom is 1.00 e. The first-order chi connectivity index (χ1) is 9.23. The van der Waals surface area contributed by atoms with Crippen molar-refractivity contribution in [3.05, 3.63) is 0 Å². The Bertz CT molecular complexity index is 335. The van der Waals surface area contributed by atoms with Gasteiger partial charge in [0.25, 0.3) is 5.97 Å². The Kier molecular flexibility index (Phi) is 18.2. The number of aliphatic carboxylic acids is 1. The molecule has 0 bridgehead atoms. The van der Waals surface area contributed by atoms with Crippen molar-refractivity contribution in [3.8, 4) is 0 Å². The number of hydrogen-bond donors (Lipinski definition) is 1. The molecule has 0 unspecified atom stereocenters. The van der Waals surface area contributed by atoms with Gasteiger partial charge in [-0.3, -0.25) is 19.8 Å². The van der Waals surface area contributed by atoms with Gasteiger partial charge in [0.15, 0.2) is 0 Å². The topological polar surface area (TPSA) is 111 Å².